The van der Waals surface area contributed by atoms with Crippen LogP contribution in [0.15, 0.2) is 12.1 Å². The molecule has 1 aliphatic heterocycles. The lowest BCUT2D eigenvalue weighted by Crippen LogP contribution is -2.11. The average Bonchev–Trinajstić information content (AvgIpc) is 3.08. The molecule has 96 valence electrons. The maximum atomic E-state index is 13.9. The third-order valence-corrected chi connectivity index (χ3v) is 3.87. The number of hydrogen-bond acceptors (Lipinski definition) is 3. The lowest BCUT2D eigenvalue weighted by molar-refractivity contribution is -0.145. The van der Waals surface area contributed by atoms with E-state index in [4.69, 9.17) is 21.1 Å². The summed E-state index contributed by atoms with van der Waals surface area (Å²) < 4.78 is 24.3. The van der Waals surface area contributed by atoms with E-state index in [-0.39, 0.29) is 29.5 Å². The molecule has 0 radical (unpaired) electrons. The highest BCUT2D eigenvalue weighted by Gasteiger charge is 2.60. The summed E-state index contributed by atoms with van der Waals surface area (Å²) in [6.45, 7) is 2.48. The predicted molar refractivity (Wildman–Crippen MR) is 63.3 cm³/mol. The zero-order chi connectivity index (χ0) is 12.9. The van der Waals surface area contributed by atoms with Crippen LogP contribution >= 0.6 is 11.6 Å². The maximum Gasteiger partial charge on any atom is 0.309 e. The van der Waals surface area contributed by atoms with Gasteiger partial charge in [0.15, 0.2) is 0 Å². The van der Waals surface area contributed by atoms with Crippen LogP contribution in [0.25, 0.3) is 0 Å². The van der Waals surface area contributed by atoms with Crippen LogP contribution in [-0.2, 0) is 9.53 Å². The zero-order valence-electron chi connectivity index (χ0n) is 9.78. The third kappa shape index (κ3) is 1.59. The summed E-state index contributed by atoms with van der Waals surface area (Å²) in [5.74, 6) is -0.681. The number of ether oxygens (including phenoxy) is 2. The molecule has 0 N–H and O–H groups in total. The van der Waals surface area contributed by atoms with E-state index in [0.717, 1.165) is 0 Å². The number of carbonyl (C=O) groups is 1. The third-order valence-electron chi connectivity index (χ3n) is 3.58. The minimum Gasteiger partial charge on any atom is -0.491 e. The Morgan fingerprint density at radius 1 is 1.61 bits per heavy atom. The van der Waals surface area contributed by atoms with Crippen LogP contribution in [0.4, 0.5) is 4.39 Å². The Hall–Kier alpha value is -1.29. The maximum absolute atomic E-state index is 13.9. The van der Waals surface area contributed by atoms with Gasteiger partial charge >= 0.3 is 5.97 Å². The fourth-order valence-corrected chi connectivity index (χ4v) is 2.94. The predicted octanol–water partition coefficient (Wildman–Crippen LogP) is 2.76. The molecular weight excluding hydrogens is 259 g/mol. The zero-order valence-corrected chi connectivity index (χ0v) is 10.5. The quantitative estimate of drug-likeness (QED) is 0.775. The van der Waals surface area contributed by atoms with Crippen LogP contribution < -0.4 is 4.74 Å². The van der Waals surface area contributed by atoms with E-state index < -0.39 is 0 Å². The normalized spacial score (nSPS) is 27.8. The molecule has 1 aliphatic carbocycles. The number of fused-ring (bicyclic) bond motifs is 3. The summed E-state index contributed by atoms with van der Waals surface area (Å²) in [6, 6.07) is 2.78. The van der Waals surface area contributed by atoms with E-state index in [1.165, 1.54) is 12.1 Å². The van der Waals surface area contributed by atoms with Gasteiger partial charge in [-0.15, -0.1) is 0 Å². The Morgan fingerprint density at radius 2 is 2.39 bits per heavy atom. The Balaban J connectivity index is 1.95. The summed E-state index contributed by atoms with van der Waals surface area (Å²) in [7, 11) is 0. The second-order valence-corrected chi connectivity index (χ2v) is 4.96. The summed E-state index contributed by atoms with van der Waals surface area (Å²) in [5.41, 5.74) is 0.428. The van der Waals surface area contributed by atoms with Gasteiger partial charge in [-0.1, -0.05) is 11.6 Å². The molecule has 1 heterocycles. The van der Waals surface area contributed by atoms with E-state index in [0.29, 0.717) is 29.5 Å². The molecule has 0 bridgehead atoms. The summed E-state index contributed by atoms with van der Waals surface area (Å²) >= 11 is 5.98. The molecule has 0 saturated heterocycles. The first-order valence-electron chi connectivity index (χ1n) is 5.92. The Labute approximate surface area is 109 Å². The molecule has 3 atom stereocenters. The lowest BCUT2D eigenvalue weighted by Gasteiger charge is -2.17. The van der Waals surface area contributed by atoms with Crippen LogP contribution in [0.1, 0.15) is 18.4 Å². The molecule has 2 aliphatic rings. The van der Waals surface area contributed by atoms with Crippen LogP contribution in [-0.4, -0.2) is 19.2 Å². The second kappa shape index (κ2) is 4.12. The smallest absolute Gasteiger partial charge is 0.309 e. The van der Waals surface area contributed by atoms with Gasteiger partial charge in [0.2, 0.25) is 0 Å². The summed E-state index contributed by atoms with van der Waals surface area (Å²) in [5, 5.41) is 0.388. The fourth-order valence-electron chi connectivity index (χ4n) is 2.72. The minimum absolute atomic E-state index is 0.0181. The van der Waals surface area contributed by atoms with Gasteiger partial charge in [-0.3, -0.25) is 4.79 Å². The first-order valence-corrected chi connectivity index (χ1v) is 6.30. The summed E-state index contributed by atoms with van der Waals surface area (Å²) in [4.78, 5) is 11.7. The van der Waals surface area contributed by atoms with Crippen LogP contribution in [0.3, 0.4) is 0 Å². The first-order chi connectivity index (χ1) is 8.65. The van der Waals surface area contributed by atoms with E-state index in [1.54, 1.807) is 6.92 Å². The van der Waals surface area contributed by atoms with Gasteiger partial charge in [0.05, 0.1) is 24.2 Å². The Morgan fingerprint density at radius 3 is 3.11 bits per heavy atom. The standard InChI is InChI=1S/C13H12ClFO3/c1-2-17-13(16)10-6-5-18-12-7(14)3-4-8(15)11(12)9(6)10/h3-4,6,9-10H,2,5H2,1H3. The van der Waals surface area contributed by atoms with E-state index in [9.17, 15) is 9.18 Å². The summed E-state index contributed by atoms with van der Waals surface area (Å²) in [6.07, 6.45) is 0. The molecule has 5 heteroatoms. The number of esters is 1. The Kier molecular flexibility index (Phi) is 2.70. The number of rotatable bonds is 2. The molecule has 0 amide bonds. The SMILES string of the molecule is CCOC(=O)C1C2COc3c(Cl)ccc(F)c3C21. The largest absolute Gasteiger partial charge is 0.491 e. The second-order valence-electron chi connectivity index (χ2n) is 4.55. The molecule has 3 rings (SSSR count). The van der Waals surface area contributed by atoms with Crippen molar-refractivity contribution in [2.24, 2.45) is 11.8 Å². The molecule has 1 aromatic rings. The van der Waals surface area contributed by atoms with Crippen LogP contribution in [0.5, 0.6) is 5.75 Å². The lowest BCUT2D eigenvalue weighted by atomic mass is 10.0. The van der Waals surface area contributed by atoms with Gasteiger partial charge in [-0.05, 0) is 19.1 Å². The van der Waals surface area contributed by atoms with Crippen LogP contribution in [0.2, 0.25) is 5.02 Å². The number of halogens is 2. The molecular formula is C13H12ClFO3. The van der Waals surface area contributed by atoms with Crippen molar-refractivity contribution < 1.29 is 18.7 Å². The highest BCUT2D eigenvalue weighted by Crippen LogP contribution is 2.61. The van der Waals surface area contributed by atoms with Gasteiger partial charge < -0.3 is 9.47 Å². The molecule has 3 nitrogen and oxygen atoms in total. The first kappa shape index (κ1) is 11.8. The highest BCUT2D eigenvalue weighted by atomic mass is 35.5. The average molecular weight is 271 g/mol. The van der Waals surface area contributed by atoms with Crippen molar-refractivity contribution in [1.29, 1.82) is 0 Å². The number of benzene rings is 1. The Bertz CT molecular complexity index is 517. The van der Waals surface area contributed by atoms with Crippen molar-refractivity contribution in [3.8, 4) is 5.75 Å². The van der Waals surface area contributed by atoms with Crippen molar-refractivity contribution in [2.45, 2.75) is 12.8 Å². The molecule has 0 aromatic heterocycles. The molecule has 0 spiro atoms. The van der Waals surface area contributed by atoms with E-state index in [1.807, 2.05) is 0 Å². The molecule has 18 heavy (non-hydrogen) atoms. The molecule has 1 fully saturated rings. The van der Waals surface area contributed by atoms with Gasteiger partial charge in [0.25, 0.3) is 0 Å². The van der Waals surface area contributed by atoms with Crippen molar-refractivity contribution in [3.05, 3.63) is 28.5 Å². The number of hydrogen-bond donors (Lipinski definition) is 0. The van der Waals surface area contributed by atoms with E-state index >= 15 is 0 Å². The fraction of sp³-hybridized carbons (Fsp3) is 0.462. The van der Waals surface area contributed by atoms with Gasteiger partial charge in [-0.25, -0.2) is 4.39 Å². The van der Waals surface area contributed by atoms with Crippen molar-refractivity contribution in [1.82, 2.24) is 0 Å². The van der Waals surface area contributed by atoms with Gasteiger partial charge in [-0.2, -0.15) is 0 Å². The van der Waals surface area contributed by atoms with E-state index in [2.05, 4.69) is 0 Å². The van der Waals surface area contributed by atoms with Gasteiger partial charge in [0.1, 0.15) is 11.6 Å². The minimum atomic E-state index is -0.365. The molecule has 3 unspecified atom stereocenters. The van der Waals surface area contributed by atoms with Crippen LogP contribution in [0, 0.1) is 17.7 Å². The van der Waals surface area contributed by atoms with Gasteiger partial charge in [0, 0.05) is 17.4 Å². The van der Waals surface area contributed by atoms with Crippen molar-refractivity contribution >= 4 is 17.6 Å². The van der Waals surface area contributed by atoms with Crippen molar-refractivity contribution in [3.63, 3.8) is 0 Å². The molecule has 1 aromatic carbocycles. The number of carbonyl (C=O) groups excluding carboxylic acids is 1. The monoisotopic (exact) mass is 270 g/mol. The highest BCUT2D eigenvalue weighted by molar-refractivity contribution is 6.32. The topological polar surface area (TPSA) is 35.5 Å². The molecule has 1 saturated carbocycles. The van der Waals surface area contributed by atoms with Crippen molar-refractivity contribution in [2.75, 3.05) is 13.2 Å².